The Labute approximate surface area is 118 Å². The number of nitrogens with zero attached hydrogens (tertiary/aromatic N) is 3. The molecule has 1 amide bonds. The van der Waals surface area contributed by atoms with Gasteiger partial charge in [0.15, 0.2) is 0 Å². The van der Waals surface area contributed by atoms with E-state index in [2.05, 4.69) is 4.98 Å². The Morgan fingerprint density at radius 3 is 2.45 bits per heavy atom. The second-order valence-electron chi connectivity index (χ2n) is 5.82. The minimum absolute atomic E-state index is 0.297. The zero-order chi connectivity index (χ0) is 14.8. The number of halogens is 1. The summed E-state index contributed by atoms with van der Waals surface area (Å²) < 4.78 is 18.5. The zero-order valence-corrected chi connectivity index (χ0v) is 12.1. The molecule has 0 radical (unpaired) electrons. The first kappa shape index (κ1) is 14.6. The van der Waals surface area contributed by atoms with Crippen LogP contribution in [0.5, 0.6) is 0 Å². The molecule has 0 unspecified atom stereocenters. The topological polar surface area (TPSA) is 45.7 Å². The van der Waals surface area contributed by atoms with E-state index in [-0.39, 0.29) is 11.9 Å². The van der Waals surface area contributed by atoms with Crippen LogP contribution >= 0.6 is 0 Å². The third-order valence-electron chi connectivity index (χ3n) is 2.99. The monoisotopic (exact) mass is 281 g/mol. The molecule has 1 aromatic heterocycles. The first-order valence-electron chi connectivity index (χ1n) is 6.68. The number of piperazine rings is 1. The molecule has 1 aliphatic rings. The van der Waals surface area contributed by atoms with Crippen LogP contribution in [-0.4, -0.2) is 47.8 Å². The standard InChI is InChI=1S/C14H20FN3O2/c1-14(2,3)20-13(19)18-6-4-17(5-7-18)12-8-11(15)9-16-10-12/h8-10H,4-7H2,1-3H3. The summed E-state index contributed by atoms with van der Waals surface area (Å²) in [7, 11) is 0. The highest BCUT2D eigenvalue weighted by atomic mass is 19.1. The summed E-state index contributed by atoms with van der Waals surface area (Å²) in [5.41, 5.74) is 0.259. The normalized spacial score (nSPS) is 16.2. The average Bonchev–Trinajstić information content (AvgIpc) is 2.37. The summed E-state index contributed by atoms with van der Waals surface area (Å²) >= 11 is 0. The maximum atomic E-state index is 13.1. The predicted molar refractivity (Wildman–Crippen MR) is 74.2 cm³/mol. The van der Waals surface area contributed by atoms with E-state index in [0.717, 1.165) is 5.69 Å². The van der Waals surface area contributed by atoms with Crippen LogP contribution in [0.25, 0.3) is 0 Å². The Kier molecular flexibility index (Phi) is 4.11. The van der Waals surface area contributed by atoms with Crippen molar-refractivity contribution >= 4 is 11.8 Å². The molecule has 0 spiro atoms. The van der Waals surface area contributed by atoms with E-state index in [4.69, 9.17) is 4.74 Å². The van der Waals surface area contributed by atoms with E-state index in [0.29, 0.717) is 26.2 Å². The Morgan fingerprint density at radius 2 is 1.90 bits per heavy atom. The number of carbonyl (C=O) groups excluding carboxylic acids is 1. The molecule has 0 aliphatic carbocycles. The fourth-order valence-electron chi connectivity index (χ4n) is 2.05. The van der Waals surface area contributed by atoms with Crippen molar-refractivity contribution in [2.75, 3.05) is 31.1 Å². The molecule has 20 heavy (non-hydrogen) atoms. The number of hydrogen-bond acceptors (Lipinski definition) is 4. The summed E-state index contributed by atoms with van der Waals surface area (Å²) in [4.78, 5) is 19.4. The molecule has 0 saturated carbocycles. The molecule has 1 saturated heterocycles. The van der Waals surface area contributed by atoms with Crippen LogP contribution < -0.4 is 4.90 Å². The van der Waals surface area contributed by atoms with Gasteiger partial charge in [-0.15, -0.1) is 0 Å². The van der Waals surface area contributed by atoms with Crippen molar-refractivity contribution in [1.29, 1.82) is 0 Å². The lowest BCUT2D eigenvalue weighted by Crippen LogP contribution is -2.50. The minimum Gasteiger partial charge on any atom is -0.444 e. The van der Waals surface area contributed by atoms with Crippen LogP contribution in [0.15, 0.2) is 18.5 Å². The first-order valence-corrected chi connectivity index (χ1v) is 6.68. The van der Waals surface area contributed by atoms with Gasteiger partial charge in [0.2, 0.25) is 0 Å². The van der Waals surface area contributed by atoms with Crippen LogP contribution in [0.3, 0.4) is 0 Å². The smallest absolute Gasteiger partial charge is 0.410 e. The summed E-state index contributed by atoms with van der Waals surface area (Å²) in [5, 5.41) is 0. The number of ether oxygens (including phenoxy) is 1. The molecule has 1 fully saturated rings. The van der Waals surface area contributed by atoms with E-state index >= 15 is 0 Å². The maximum absolute atomic E-state index is 13.1. The minimum atomic E-state index is -0.485. The van der Waals surface area contributed by atoms with Gasteiger partial charge in [-0.3, -0.25) is 4.98 Å². The molecular weight excluding hydrogens is 261 g/mol. The Bertz CT molecular complexity index is 480. The first-order chi connectivity index (χ1) is 9.35. The molecule has 0 aromatic carbocycles. The van der Waals surface area contributed by atoms with Crippen molar-refractivity contribution in [3.8, 4) is 0 Å². The van der Waals surface area contributed by atoms with Gasteiger partial charge in [-0.2, -0.15) is 0 Å². The fourth-order valence-corrected chi connectivity index (χ4v) is 2.05. The van der Waals surface area contributed by atoms with Gasteiger partial charge in [-0.1, -0.05) is 0 Å². The van der Waals surface area contributed by atoms with Crippen molar-refractivity contribution < 1.29 is 13.9 Å². The summed E-state index contributed by atoms with van der Waals surface area (Å²) in [6.45, 7) is 7.95. The highest BCUT2D eigenvalue weighted by molar-refractivity contribution is 5.68. The second kappa shape index (κ2) is 5.64. The molecule has 0 atom stereocenters. The number of pyridine rings is 1. The van der Waals surface area contributed by atoms with Gasteiger partial charge in [0.05, 0.1) is 18.1 Å². The molecule has 0 N–H and O–H groups in total. The molecule has 1 aromatic rings. The number of rotatable bonds is 1. The molecule has 6 heteroatoms. The van der Waals surface area contributed by atoms with Gasteiger partial charge in [-0.05, 0) is 20.8 Å². The van der Waals surface area contributed by atoms with Gasteiger partial charge in [-0.25, -0.2) is 9.18 Å². The Hall–Kier alpha value is -1.85. The van der Waals surface area contributed by atoms with E-state index < -0.39 is 5.60 Å². The fraction of sp³-hybridized carbons (Fsp3) is 0.571. The largest absolute Gasteiger partial charge is 0.444 e. The lowest BCUT2D eigenvalue weighted by molar-refractivity contribution is 0.0240. The van der Waals surface area contributed by atoms with Crippen molar-refractivity contribution in [2.24, 2.45) is 0 Å². The number of carbonyl (C=O) groups is 1. The molecule has 1 aliphatic heterocycles. The third kappa shape index (κ3) is 3.82. The van der Waals surface area contributed by atoms with Gasteiger partial charge in [0.25, 0.3) is 0 Å². The van der Waals surface area contributed by atoms with Gasteiger partial charge in [0.1, 0.15) is 11.4 Å². The van der Waals surface area contributed by atoms with E-state index in [1.165, 1.54) is 12.3 Å². The van der Waals surface area contributed by atoms with E-state index in [1.54, 1.807) is 11.1 Å². The summed E-state index contributed by atoms with van der Waals surface area (Å²) in [6, 6.07) is 1.45. The molecule has 0 bridgehead atoms. The second-order valence-corrected chi connectivity index (χ2v) is 5.82. The number of amides is 1. The van der Waals surface area contributed by atoms with Crippen LogP contribution in [0.4, 0.5) is 14.9 Å². The summed E-state index contributed by atoms with van der Waals surface area (Å²) in [5.74, 6) is -0.350. The quantitative estimate of drug-likeness (QED) is 0.792. The molecule has 2 rings (SSSR count). The number of hydrogen-bond donors (Lipinski definition) is 0. The maximum Gasteiger partial charge on any atom is 0.410 e. The van der Waals surface area contributed by atoms with Crippen LogP contribution in [0, 0.1) is 5.82 Å². The Morgan fingerprint density at radius 1 is 1.25 bits per heavy atom. The molecular formula is C14H20FN3O2. The molecule has 2 heterocycles. The van der Waals surface area contributed by atoms with Gasteiger partial charge < -0.3 is 14.5 Å². The average molecular weight is 281 g/mol. The Balaban J connectivity index is 1.91. The van der Waals surface area contributed by atoms with Crippen LogP contribution in [0.2, 0.25) is 0 Å². The highest BCUT2D eigenvalue weighted by Crippen LogP contribution is 2.17. The highest BCUT2D eigenvalue weighted by Gasteiger charge is 2.26. The lowest BCUT2D eigenvalue weighted by atomic mass is 10.2. The van der Waals surface area contributed by atoms with E-state index in [9.17, 15) is 9.18 Å². The third-order valence-corrected chi connectivity index (χ3v) is 2.99. The zero-order valence-electron chi connectivity index (χ0n) is 12.1. The molecule has 110 valence electrons. The van der Waals surface area contributed by atoms with Crippen molar-refractivity contribution in [3.63, 3.8) is 0 Å². The van der Waals surface area contributed by atoms with Crippen molar-refractivity contribution in [3.05, 3.63) is 24.3 Å². The van der Waals surface area contributed by atoms with Crippen LogP contribution in [0.1, 0.15) is 20.8 Å². The predicted octanol–water partition coefficient (Wildman–Crippen LogP) is 2.28. The number of aromatic nitrogens is 1. The van der Waals surface area contributed by atoms with Crippen molar-refractivity contribution in [2.45, 2.75) is 26.4 Å². The SMILES string of the molecule is CC(C)(C)OC(=O)N1CCN(c2cncc(F)c2)CC1. The molecule has 5 nitrogen and oxygen atoms in total. The summed E-state index contributed by atoms with van der Waals surface area (Å²) in [6.07, 6.45) is 2.52. The van der Waals surface area contributed by atoms with Gasteiger partial charge in [0, 0.05) is 32.2 Å². The van der Waals surface area contributed by atoms with Crippen LogP contribution in [-0.2, 0) is 4.74 Å². The number of anilines is 1. The lowest BCUT2D eigenvalue weighted by Gasteiger charge is -2.36. The van der Waals surface area contributed by atoms with Crippen molar-refractivity contribution in [1.82, 2.24) is 9.88 Å². The van der Waals surface area contributed by atoms with Gasteiger partial charge >= 0.3 is 6.09 Å². The van der Waals surface area contributed by atoms with E-state index in [1.807, 2.05) is 25.7 Å².